The van der Waals surface area contributed by atoms with Gasteiger partial charge in [-0.1, -0.05) is 32.0 Å². The molecule has 2 aromatic carbocycles. The predicted molar refractivity (Wildman–Crippen MR) is 110 cm³/mol. The molecule has 1 unspecified atom stereocenters. The van der Waals surface area contributed by atoms with Crippen LogP contribution in [0.5, 0.6) is 11.5 Å². The van der Waals surface area contributed by atoms with Crippen LogP contribution in [0.3, 0.4) is 0 Å². The summed E-state index contributed by atoms with van der Waals surface area (Å²) in [5.74, 6) is 2.47. The monoisotopic (exact) mass is 369 g/mol. The molecular weight excluding hydrogens is 338 g/mol. The number of hydrogen-bond acceptors (Lipinski definition) is 4. The molecule has 0 aromatic heterocycles. The fourth-order valence-electron chi connectivity index (χ4n) is 3.02. The van der Waals surface area contributed by atoms with Gasteiger partial charge in [0.05, 0.1) is 12.7 Å². The average Bonchev–Trinajstić information content (AvgIpc) is 3.19. The highest BCUT2D eigenvalue weighted by atomic mass is 16.5. The van der Waals surface area contributed by atoms with E-state index in [2.05, 4.69) is 37.4 Å². The van der Waals surface area contributed by atoms with E-state index in [4.69, 9.17) is 14.2 Å². The Labute approximate surface area is 162 Å². The minimum Gasteiger partial charge on any atom is -0.494 e. The van der Waals surface area contributed by atoms with E-state index in [-0.39, 0.29) is 6.10 Å². The SMILES string of the molecule is CC(C)CCOc1cccc(CNc2cccc(OCC3CCCO3)c2)c1. The zero-order valence-corrected chi connectivity index (χ0v) is 16.4. The predicted octanol–water partition coefficient (Wildman–Crippen LogP) is 5.28. The molecule has 1 heterocycles. The van der Waals surface area contributed by atoms with Gasteiger partial charge in [-0.05, 0) is 55.0 Å². The molecule has 4 heteroatoms. The summed E-state index contributed by atoms with van der Waals surface area (Å²) in [6.07, 6.45) is 3.53. The van der Waals surface area contributed by atoms with Crippen molar-refractivity contribution >= 4 is 5.69 Å². The van der Waals surface area contributed by atoms with Crippen LogP contribution in [0.1, 0.15) is 38.7 Å². The van der Waals surface area contributed by atoms with Gasteiger partial charge in [0, 0.05) is 24.9 Å². The fourth-order valence-corrected chi connectivity index (χ4v) is 3.02. The van der Waals surface area contributed by atoms with Gasteiger partial charge in [0.15, 0.2) is 0 Å². The molecule has 146 valence electrons. The van der Waals surface area contributed by atoms with E-state index in [0.717, 1.165) is 56.2 Å². The van der Waals surface area contributed by atoms with E-state index in [1.54, 1.807) is 0 Å². The van der Waals surface area contributed by atoms with Crippen LogP contribution >= 0.6 is 0 Å². The highest BCUT2D eigenvalue weighted by molar-refractivity contribution is 5.48. The Morgan fingerprint density at radius 3 is 2.67 bits per heavy atom. The molecule has 0 radical (unpaired) electrons. The minimum atomic E-state index is 0.236. The van der Waals surface area contributed by atoms with Gasteiger partial charge in [-0.25, -0.2) is 0 Å². The van der Waals surface area contributed by atoms with Crippen molar-refractivity contribution < 1.29 is 14.2 Å². The van der Waals surface area contributed by atoms with E-state index in [0.29, 0.717) is 12.5 Å². The van der Waals surface area contributed by atoms with Crippen LogP contribution in [0.4, 0.5) is 5.69 Å². The van der Waals surface area contributed by atoms with Crippen molar-refractivity contribution in [3.8, 4) is 11.5 Å². The van der Waals surface area contributed by atoms with Crippen LogP contribution in [-0.2, 0) is 11.3 Å². The van der Waals surface area contributed by atoms with Gasteiger partial charge in [-0.2, -0.15) is 0 Å². The highest BCUT2D eigenvalue weighted by Crippen LogP contribution is 2.21. The summed E-state index contributed by atoms with van der Waals surface area (Å²) in [5.41, 5.74) is 2.24. The van der Waals surface area contributed by atoms with Crippen LogP contribution in [0.15, 0.2) is 48.5 Å². The first-order chi connectivity index (χ1) is 13.2. The Kier molecular flexibility index (Phi) is 7.40. The van der Waals surface area contributed by atoms with Crippen molar-refractivity contribution in [1.29, 1.82) is 0 Å². The zero-order chi connectivity index (χ0) is 18.9. The van der Waals surface area contributed by atoms with Crippen molar-refractivity contribution in [3.05, 3.63) is 54.1 Å². The second-order valence-corrected chi connectivity index (χ2v) is 7.51. The molecule has 27 heavy (non-hydrogen) atoms. The lowest BCUT2D eigenvalue weighted by Crippen LogP contribution is -2.16. The lowest BCUT2D eigenvalue weighted by atomic mass is 10.1. The summed E-state index contributed by atoms with van der Waals surface area (Å²) >= 11 is 0. The second kappa shape index (κ2) is 10.2. The third kappa shape index (κ3) is 6.79. The summed E-state index contributed by atoms with van der Waals surface area (Å²) in [7, 11) is 0. The standard InChI is InChI=1S/C23H31NO3/c1-18(2)11-13-26-21-8-3-6-19(14-21)16-24-20-7-4-9-22(15-20)27-17-23-10-5-12-25-23/h3-4,6-9,14-15,18,23-24H,5,10-13,16-17H2,1-2H3. The summed E-state index contributed by atoms with van der Waals surface area (Å²) in [6.45, 7) is 7.41. The topological polar surface area (TPSA) is 39.7 Å². The summed E-state index contributed by atoms with van der Waals surface area (Å²) in [6, 6.07) is 16.4. The molecule has 4 nitrogen and oxygen atoms in total. The Balaban J connectivity index is 1.48. The minimum absolute atomic E-state index is 0.236. The van der Waals surface area contributed by atoms with E-state index in [9.17, 15) is 0 Å². The smallest absolute Gasteiger partial charge is 0.121 e. The molecule has 0 bridgehead atoms. The normalized spacial score (nSPS) is 16.5. The van der Waals surface area contributed by atoms with Crippen molar-refractivity contribution in [3.63, 3.8) is 0 Å². The van der Waals surface area contributed by atoms with E-state index >= 15 is 0 Å². The molecule has 0 amide bonds. The maximum atomic E-state index is 5.88. The molecule has 2 aromatic rings. The molecule has 3 rings (SSSR count). The van der Waals surface area contributed by atoms with E-state index in [1.807, 2.05) is 30.3 Å². The summed E-state index contributed by atoms with van der Waals surface area (Å²) in [5, 5.41) is 3.46. The number of anilines is 1. The first-order valence-electron chi connectivity index (χ1n) is 9.99. The molecule has 1 fully saturated rings. The van der Waals surface area contributed by atoms with E-state index in [1.165, 1.54) is 5.56 Å². The Hall–Kier alpha value is -2.20. The molecule has 1 aliphatic rings. The van der Waals surface area contributed by atoms with Gasteiger partial charge in [-0.3, -0.25) is 0 Å². The lowest BCUT2D eigenvalue weighted by molar-refractivity contribution is 0.0680. The number of nitrogens with one attached hydrogen (secondary N) is 1. The van der Waals surface area contributed by atoms with Gasteiger partial charge in [0.25, 0.3) is 0 Å². The zero-order valence-electron chi connectivity index (χ0n) is 16.4. The Bertz CT molecular complexity index is 696. The number of rotatable bonds is 10. The molecule has 0 spiro atoms. The van der Waals surface area contributed by atoms with Crippen LogP contribution in [0.25, 0.3) is 0 Å². The quantitative estimate of drug-likeness (QED) is 0.618. The number of benzene rings is 2. The largest absolute Gasteiger partial charge is 0.494 e. The van der Waals surface area contributed by atoms with Crippen molar-refractivity contribution in [2.24, 2.45) is 5.92 Å². The molecule has 1 atom stereocenters. The molecule has 1 aliphatic heterocycles. The summed E-state index contributed by atoms with van der Waals surface area (Å²) in [4.78, 5) is 0. The third-order valence-electron chi connectivity index (χ3n) is 4.65. The third-order valence-corrected chi connectivity index (χ3v) is 4.65. The Morgan fingerprint density at radius 1 is 1.07 bits per heavy atom. The first kappa shape index (κ1) is 19.6. The summed E-state index contributed by atoms with van der Waals surface area (Å²) < 4.78 is 17.3. The molecular formula is C23H31NO3. The number of ether oxygens (including phenoxy) is 3. The molecule has 0 saturated carbocycles. The average molecular weight is 370 g/mol. The van der Waals surface area contributed by atoms with E-state index < -0.39 is 0 Å². The van der Waals surface area contributed by atoms with Gasteiger partial charge >= 0.3 is 0 Å². The van der Waals surface area contributed by atoms with Crippen LogP contribution in [0.2, 0.25) is 0 Å². The molecule has 1 N–H and O–H groups in total. The fraction of sp³-hybridized carbons (Fsp3) is 0.478. The maximum absolute atomic E-state index is 5.88. The first-order valence-corrected chi connectivity index (χ1v) is 9.99. The Morgan fingerprint density at radius 2 is 1.89 bits per heavy atom. The maximum Gasteiger partial charge on any atom is 0.121 e. The van der Waals surface area contributed by atoms with Crippen molar-refractivity contribution in [2.75, 3.05) is 25.1 Å². The molecule has 1 saturated heterocycles. The van der Waals surface area contributed by atoms with Crippen LogP contribution < -0.4 is 14.8 Å². The van der Waals surface area contributed by atoms with Gasteiger partial charge < -0.3 is 19.5 Å². The second-order valence-electron chi connectivity index (χ2n) is 7.51. The molecule has 0 aliphatic carbocycles. The van der Waals surface area contributed by atoms with Crippen molar-refractivity contribution in [1.82, 2.24) is 0 Å². The highest BCUT2D eigenvalue weighted by Gasteiger charge is 2.15. The van der Waals surface area contributed by atoms with Crippen LogP contribution in [0, 0.1) is 5.92 Å². The van der Waals surface area contributed by atoms with Gasteiger partial charge in [-0.15, -0.1) is 0 Å². The van der Waals surface area contributed by atoms with Gasteiger partial charge in [0.2, 0.25) is 0 Å². The lowest BCUT2D eigenvalue weighted by Gasteiger charge is -2.13. The van der Waals surface area contributed by atoms with Gasteiger partial charge in [0.1, 0.15) is 18.1 Å². The van der Waals surface area contributed by atoms with Crippen molar-refractivity contribution in [2.45, 2.75) is 45.8 Å². The number of hydrogen-bond donors (Lipinski definition) is 1. The van der Waals surface area contributed by atoms with Crippen LogP contribution in [-0.4, -0.2) is 25.9 Å².